The van der Waals surface area contributed by atoms with Crippen LogP contribution in [0.5, 0.6) is 0 Å². The molecule has 0 aliphatic rings. The summed E-state index contributed by atoms with van der Waals surface area (Å²) in [6.07, 6.45) is 9.42. The Bertz CT molecular complexity index is 1110. The van der Waals surface area contributed by atoms with Crippen LogP contribution >= 0.6 is 0 Å². The average molecular weight is 710 g/mol. The highest BCUT2D eigenvalue weighted by molar-refractivity contribution is 5.71. The van der Waals surface area contributed by atoms with Crippen molar-refractivity contribution in [2.24, 2.45) is 0 Å². The molecule has 0 saturated heterocycles. The van der Waals surface area contributed by atoms with Crippen molar-refractivity contribution in [3.63, 3.8) is 0 Å². The zero-order valence-corrected chi connectivity index (χ0v) is 33.3. The van der Waals surface area contributed by atoms with Crippen molar-refractivity contribution in [1.82, 2.24) is 0 Å². The van der Waals surface area contributed by atoms with Crippen LogP contribution in [0.4, 0.5) is 0 Å². The molecule has 0 saturated carbocycles. The minimum atomic E-state index is -0.480. The Morgan fingerprint density at radius 2 is 0.854 bits per heavy atom. The van der Waals surface area contributed by atoms with Gasteiger partial charge in [-0.15, -0.1) is 0 Å². The molecular weight excluding hydrogens is 643 g/mol. The summed E-state index contributed by atoms with van der Waals surface area (Å²) in [7, 11) is 4.36. The third-order valence-electron chi connectivity index (χ3n) is 8.33. The summed E-state index contributed by atoms with van der Waals surface area (Å²) in [4.78, 5) is 25.7. The fraction of sp³-hybridized carbons (Fsp3) is 0.650. The lowest BCUT2D eigenvalue weighted by Crippen LogP contribution is -3.00. The predicted octanol–water partition coefficient (Wildman–Crippen LogP) is 3.10. The number of quaternary nitrogens is 2. The molecule has 0 N–H and O–H groups in total. The largest absolute Gasteiger partial charge is 1.00 e. The molecule has 2 aromatic rings. The topological polar surface area (TPSA) is 52.6 Å². The third kappa shape index (κ3) is 18.6. The van der Waals surface area contributed by atoms with E-state index in [0.717, 1.165) is 39.0 Å². The lowest BCUT2D eigenvalue weighted by Gasteiger charge is -2.35. The van der Waals surface area contributed by atoms with Crippen LogP contribution in [0.2, 0.25) is 0 Å². The summed E-state index contributed by atoms with van der Waals surface area (Å²) in [5.41, 5.74) is 3.83. The maximum absolute atomic E-state index is 12.8. The molecule has 0 aromatic heterocycles. The zero-order valence-electron chi connectivity index (χ0n) is 31.8. The third-order valence-corrected chi connectivity index (χ3v) is 8.33. The maximum Gasteiger partial charge on any atom is 0.362 e. The molecule has 0 aliphatic heterocycles. The van der Waals surface area contributed by atoms with Crippen LogP contribution in [0.25, 0.3) is 11.1 Å². The Hall–Kier alpha value is -2.12. The van der Waals surface area contributed by atoms with Gasteiger partial charge in [-0.1, -0.05) is 88.1 Å². The highest BCUT2D eigenvalue weighted by Crippen LogP contribution is 2.25. The molecule has 0 radical (unpaired) electrons. The van der Waals surface area contributed by atoms with Gasteiger partial charge in [-0.05, 0) is 78.4 Å². The van der Waals surface area contributed by atoms with Crippen molar-refractivity contribution in [2.45, 2.75) is 131 Å². The lowest BCUT2D eigenvalue weighted by atomic mass is 10.0. The Labute approximate surface area is 306 Å². The predicted molar refractivity (Wildman–Crippen MR) is 191 cm³/mol. The second kappa shape index (κ2) is 21.2. The molecule has 2 aromatic carbocycles. The summed E-state index contributed by atoms with van der Waals surface area (Å²) in [6.45, 7) is 20.2. The summed E-state index contributed by atoms with van der Waals surface area (Å²) in [5.74, 6) is -0.270. The van der Waals surface area contributed by atoms with Crippen LogP contribution in [0.1, 0.15) is 118 Å². The normalized spacial score (nSPS) is 14.1. The number of unbranched alkanes of at least 4 members (excludes halogenated alkanes) is 6. The minimum absolute atomic E-state index is 0. The number of carbonyl (C=O) groups is 2. The van der Waals surface area contributed by atoms with Crippen molar-refractivity contribution >= 4 is 11.9 Å². The first-order valence-corrected chi connectivity index (χ1v) is 17.7. The van der Waals surface area contributed by atoms with Gasteiger partial charge in [-0.2, -0.15) is 0 Å². The van der Waals surface area contributed by atoms with Crippen molar-refractivity contribution in [3.8, 4) is 11.1 Å². The molecule has 0 amide bonds. The fourth-order valence-electron chi connectivity index (χ4n) is 6.13. The summed E-state index contributed by atoms with van der Waals surface area (Å²) < 4.78 is 12.7. The van der Waals surface area contributed by atoms with Gasteiger partial charge in [0.1, 0.15) is 24.3 Å². The number of nitrogens with zero attached hydrogens (tertiary/aromatic N) is 2. The van der Waals surface area contributed by atoms with Gasteiger partial charge in [-0.25, -0.2) is 9.59 Å². The van der Waals surface area contributed by atoms with Crippen LogP contribution in [0.15, 0.2) is 48.5 Å². The molecule has 0 fully saturated rings. The first-order chi connectivity index (χ1) is 21.4. The van der Waals surface area contributed by atoms with Gasteiger partial charge in [0.2, 0.25) is 0 Å². The van der Waals surface area contributed by atoms with Crippen LogP contribution in [0, 0.1) is 0 Å². The van der Waals surface area contributed by atoms with E-state index in [1.807, 2.05) is 41.5 Å². The van der Waals surface area contributed by atoms with Gasteiger partial charge in [0.05, 0.1) is 27.2 Å². The molecule has 0 spiro atoms. The van der Waals surface area contributed by atoms with Gasteiger partial charge >= 0.3 is 11.9 Å². The Morgan fingerprint density at radius 3 is 1.12 bits per heavy atom. The summed E-state index contributed by atoms with van der Waals surface area (Å²) in [6, 6.07) is 17.6. The Kier molecular flexibility index (Phi) is 20.2. The monoisotopic (exact) mass is 708 g/mol. The lowest BCUT2D eigenvalue weighted by molar-refractivity contribution is -0.916. The second-order valence-electron chi connectivity index (χ2n) is 16.0. The number of carbonyl (C=O) groups excluding carboxylic acids is 2. The average Bonchev–Trinajstić information content (AvgIpc) is 2.92. The van der Waals surface area contributed by atoms with E-state index in [2.05, 4.69) is 76.5 Å². The second-order valence-corrected chi connectivity index (χ2v) is 16.0. The minimum Gasteiger partial charge on any atom is -1.00 e. The van der Waals surface area contributed by atoms with Crippen molar-refractivity contribution < 1.29 is 52.8 Å². The number of ether oxygens (including phenoxy) is 2. The van der Waals surface area contributed by atoms with Crippen LogP contribution < -0.4 is 24.8 Å². The summed E-state index contributed by atoms with van der Waals surface area (Å²) in [5, 5.41) is 0. The molecular formula is C40H66Cl2N2O4. The highest BCUT2D eigenvalue weighted by Gasteiger charge is 2.30. The van der Waals surface area contributed by atoms with Gasteiger partial charge < -0.3 is 43.3 Å². The highest BCUT2D eigenvalue weighted by atomic mass is 35.5. The molecule has 0 bridgehead atoms. The molecule has 0 heterocycles. The molecule has 0 aliphatic carbocycles. The number of esters is 2. The molecule has 274 valence electrons. The van der Waals surface area contributed by atoms with Crippen molar-refractivity contribution in [3.05, 3.63) is 59.7 Å². The van der Waals surface area contributed by atoms with Crippen LogP contribution in [-0.2, 0) is 32.2 Å². The Morgan fingerprint density at radius 1 is 0.542 bits per heavy atom. The molecule has 2 atom stereocenters. The van der Waals surface area contributed by atoms with E-state index in [9.17, 15) is 9.59 Å². The Balaban J connectivity index is 0.0000110. The molecule has 48 heavy (non-hydrogen) atoms. The zero-order chi connectivity index (χ0) is 34.4. The number of halogens is 2. The van der Waals surface area contributed by atoms with Gasteiger partial charge in [-0.3, -0.25) is 0 Å². The maximum atomic E-state index is 12.8. The first kappa shape index (κ1) is 45.9. The van der Waals surface area contributed by atoms with Crippen molar-refractivity contribution in [2.75, 3.05) is 40.3 Å². The first-order valence-electron chi connectivity index (χ1n) is 17.7. The van der Waals surface area contributed by atoms with Crippen molar-refractivity contribution in [1.29, 1.82) is 0 Å². The number of benzene rings is 2. The number of hydrogen-bond acceptors (Lipinski definition) is 4. The quantitative estimate of drug-likeness (QED) is 0.128. The van der Waals surface area contributed by atoms with Crippen LogP contribution in [0.3, 0.4) is 0 Å². The van der Waals surface area contributed by atoms with E-state index < -0.39 is 11.2 Å². The smallest absolute Gasteiger partial charge is 0.362 e. The standard InChI is InChI=1S/C40H66N2O4.2ClH/c1-11-13-15-17-27-41(9,31-37(43)45-39(3,4)5)29-33-19-23-35(24-20-33)36-25-21-34(22-26-36)30-42(10,28-18-16-14-12-2)32-38(44)46-40(6,7)8;;/h19-26H,11-18,27-32H2,1-10H3;2*1H/q+2;;/p-2. The van der Waals surface area contributed by atoms with E-state index in [4.69, 9.17) is 9.47 Å². The van der Waals surface area contributed by atoms with Gasteiger partial charge in [0.25, 0.3) is 0 Å². The molecule has 2 rings (SSSR count). The number of hydrogen-bond donors (Lipinski definition) is 0. The van der Waals surface area contributed by atoms with E-state index in [1.54, 1.807) is 0 Å². The van der Waals surface area contributed by atoms with Gasteiger partial charge in [0.15, 0.2) is 13.1 Å². The summed E-state index contributed by atoms with van der Waals surface area (Å²) >= 11 is 0. The van der Waals surface area contributed by atoms with Gasteiger partial charge in [0, 0.05) is 11.1 Å². The fourth-order valence-corrected chi connectivity index (χ4v) is 6.13. The van der Waals surface area contributed by atoms with E-state index in [-0.39, 0.29) is 36.8 Å². The van der Waals surface area contributed by atoms with Crippen LogP contribution in [-0.4, -0.2) is 72.4 Å². The van der Waals surface area contributed by atoms with E-state index in [1.165, 1.54) is 60.8 Å². The number of likely N-dealkylation sites (N-methyl/N-ethyl adjacent to an activating group) is 2. The molecule has 8 heteroatoms. The van der Waals surface area contributed by atoms with E-state index >= 15 is 0 Å². The molecule has 6 nitrogen and oxygen atoms in total. The molecule has 2 unspecified atom stereocenters. The SMILES string of the molecule is CCCCCC[N+](C)(CC(=O)OC(C)(C)C)Cc1ccc(-c2ccc(C[N+](C)(CCCCCC)CC(=O)OC(C)(C)C)cc2)cc1.[Cl-].[Cl-]. The number of rotatable bonds is 19. The van der Waals surface area contributed by atoms with E-state index in [0.29, 0.717) is 22.1 Å².